The van der Waals surface area contributed by atoms with Crippen molar-refractivity contribution in [3.8, 4) is 0 Å². The Morgan fingerprint density at radius 2 is 2.45 bits per heavy atom. The van der Waals surface area contributed by atoms with Gasteiger partial charge in [-0.3, -0.25) is 0 Å². The van der Waals surface area contributed by atoms with Crippen molar-refractivity contribution in [1.82, 2.24) is 15.8 Å². The molecule has 7 heteroatoms. The number of hydrogen-bond acceptors (Lipinski definition) is 5. The van der Waals surface area contributed by atoms with Crippen molar-refractivity contribution in [3.63, 3.8) is 0 Å². The van der Waals surface area contributed by atoms with Crippen LogP contribution in [0.25, 0.3) is 0 Å². The third-order valence-corrected chi connectivity index (χ3v) is 3.32. The number of rotatable bonds is 9. The molecule has 124 valence electrons. The third kappa shape index (κ3) is 6.44. The topological polar surface area (TPSA) is 80.9 Å². The Morgan fingerprint density at radius 3 is 3.18 bits per heavy atom. The van der Waals surface area contributed by atoms with E-state index in [1.807, 2.05) is 13.0 Å². The lowest BCUT2D eigenvalue weighted by atomic mass is 10.2. The van der Waals surface area contributed by atoms with Crippen molar-refractivity contribution < 1.29 is 14.0 Å². The van der Waals surface area contributed by atoms with Gasteiger partial charge in [0.2, 0.25) is 0 Å². The number of nitrogens with zero attached hydrogens (tertiary/aromatic N) is 2. The molecule has 2 heterocycles. The van der Waals surface area contributed by atoms with Gasteiger partial charge >= 0.3 is 0 Å². The van der Waals surface area contributed by atoms with Crippen LogP contribution in [0.1, 0.15) is 31.9 Å². The summed E-state index contributed by atoms with van der Waals surface area (Å²) < 4.78 is 15.9. The van der Waals surface area contributed by atoms with Crippen LogP contribution < -0.4 is 10.6 Å². The summed E-state index contributed by atoms with van der Waals surface area (Å²) >= 11 is 0. The van der Waals surface area contributed by atoms with E-state index in [2.05, 4.69) is 20.8 Å². The monoisotopic (exact) mass is 310 g/mol. The summed E-state index contributed by atoms with van der Waals surface area (Å²) in [5.74, 6) is 0.782. The van der Waals surface area contributed by atoms with Crippen LogP contribution in [-0.4, -0.2) is 50.1 Å². The molecule has 1 aromatic heterocycles. The Morgan fingerprint density at radius 1 is 1.50 bits per heavy atom. The molecule has 1 aliphatic heterocycles. The molecule has 2 rings (SSSR count). The van der Waals surface area contributed by atoms with E-state index in [0.29, 0.717) is 19.3 Å². The summed E-state index contributed by atoms with van der Waals surface area (Å²) in [7, 11) is 0. The number of nitrogens with one attached hydrogen (secondary N) is 2. The van der Waals surface area contributed by atoms with Crippen LogP contribution in [0.4, 0.5) is 0 Å². The zero-order chi connectivity index (χ0) is 15.5. The number of guanidine groups is 1. The second-order valence-electron chi connectivity index (χ2n) is 5.18. The number of aliphatic imine (C=N–C) groups is 1. The molecule has 0 saturated carbocycles. The maximum absolute atomic E-state index is 5.63. The van der Waals surface area contributed by atoms with Gasteiger partial charge in [-0.15, -0.1) is 0 Å². The van der Waals surface area contributed by atoms with Crippen molar-refractivity contribution in [2.45, 2.75) is 38.8 Å². The summed E-state index contributed by atoms with van der Waals surface area (Å²) in [6, 6.07) is 1.81. The third-order valence-electron chi connectivity index (χ3n) is 3.32. The first-order valence-corrected chi connectivity index (χ1v) is 7.99. The van der Waals surface area contributed by atoms with Crippen molar-refractivity contribution in [3.05, 3.63) is 18.0 Å². The maximum Gasteiger partial charge on any atom is 0.191 e. The van der Waals surface area contributed by atoms with Crippen molar-refractivity contribution in [2.24, 2.45) is 4.99 Å². The summed E-state index contributed by atoms with van der Waals surface area (Å²) in [5.41, 5.74) is 0.817. The molecule has 1 unspecified atom stereocenters. The van der Waals surface area contributed by atoms with Gasteiger partial charge in [0.25, 0.3) is 0 Å². The molecule has 0 aliphatic carbocycles. The molecule has 2 N–H and O–H groups in total. The summed E-state index contributed by atoms with van der Waals surface area (Å²) in [6.45, 7) is 6.50. The number of aromatic nitrogens is 1. The molecule has 0 spiro atoms. The highest BCUT2D eigenvalue weighted by molar-refractivity contribution is 5.79. The summed E-state index contributed by atoms with van der Waals surface area (Å²) in [6.07, 6.45) is 5.06. The van der Waals surface area contributed by atoms with Crippen molar-refractivity contribution in [1.29, 1.82) is 0 Å². The molecule has 22 heavy (non-hydrogen) atoms. The molecule has 1 fully saturated rings. The fourth-order valence-electron chi connectivity index (χ4n) is 2.19. The van der Waals surface area contributed by atoms with E-state index in [0.717, 1.165) is 57.2 Å². The second-order valence-corrected chi connectivity index (χ2v) is 5.18. The Bertz CT molecular complexity index is 416. The van der Waals surface area contributed by atoms with Gasteiger partial charge in [-0.1, -0.05) is 5.16 Å². The Balaban J connectivity index is 1.56. The van der Waals surface area contributed by atoms with Crippen LogP contribution in [0, 0.1) is 0 Å². The van der Waals surface area contributed by atoms with Gasteiger partial charge in [-0.05, 0) is 26.2 Å². The van der Waals surface area contributed by atoms with Crippen molar-refractivity contribution in [2.75, 3.05) is 32.9 Å². The predicted molar refractivity (Wildman–Crippen MR) is 83.7 cm³/mol. The molecule has 0 bridgehead atoms. The van der Waals surface area contributed by atoms with Gasteiger partial charge in [0, 0.05) is 32.4 Å². The highest BCUT2D eigenvalue weighted by atomic mass is 16.5. The predicted octanol–water partition coefficient (Wildman–Crippen LogP) is 1.32. The van der Waals surface area contributed by atoms with E-state index >= 15 is 0 Å². The molecule has 0 amide bonds. The van der Waals surface area contributed by atoms with Crippen LogP contribution in [0.2, 0.25) is 0 Å². The molecule has 0 radical (unpaired) electrons. The van der Waals surface area contributed by atoms with E-state index in [9.17, 15) is 0 Å². The minimum atomic E-state index is 0.300. The largest absolute Gasteiger partial charge is 0.379 e. The van der Waals surface area contributed by atoms with Gasteiger partial charge in [-0.25, -0.2) is 4.99 Å². The zero-order valence-electron chi connectivity index (χ0n) is 13.2. The van der Waals surface area contributed by atoms with Crippen molar-refractivity contribution >= 4 is 5.96 Å². The Labute approximate surface area is 131 Å². The van der Waals surface area contributed by atoms with Crippen LogP contribution >= 0.6 is 0 Å². The van der Waals surface area contributed by atoms with E-state index in [1.54, 1.807) is 6.26 Å². The smallest absolute Gasteiger partial charge is 0.191 e. The molecular formula is C15H26N4O3. The average Bonchev–Trinajstić information content (AvgIpc) is 3.21. The van der Waals surface area contributed by atoms with Crippen LogP contribution in [0.15, 0.2) is 21.8 Å². The van der Waals surface area contributed by atoms with Gasteiger partial charge in [0.15, 0.2) is 5.96 Å². The maximum atomic E-state index is 5.63. The van der Waals surface area contributed by atoms with Gasteiger partial charge in [0.05, 0.1) is 19.3 Å². The molecule has 1 aromatic rings. The number of ether oxygens (including phenoxy) is 2. The summed E-state index contributed by atoms with van der Waals surface area (Å²) in [5, 5.41) is 10.3. The summed E-state index contributed by atoms with van der Waals surface area (Å²) in [4.78, 5) is 4.45. The van der Waals surface area contributed by atoms with E-state index in [1.165, 1.54) is 0 Å². The van der Waals surface area contributed by atoms with E-state index in [-0.39, 0.29) is 0 Å². The lowest BCUT2D eigenvalue weighted by Crippen LogP contribution is -2.38. The molecule has 7 nitrogen and oxygen atoms in total. The standard InChI is InChI=1S/C15H26N4O3/c1-2-16-15(18-11-13-6-10-22-19-13)17-7-4-8-20-12-14-5-3-9-21-14/h6,10,14H,2-5,7-9,11-12H2,1H3,(H2,16,17,18). The first-order valence-electron chi connectivity index (χ1n) is 7.99. The average molecular weight is 310 g/mol. The minimum Gasteiger partial charge on any atom is -0.379 e. The second kappa shape index (κ2) is 10.2. The van der Waals surface area contributed by atoms with Crippen LogP contribution in [0.3, 0.4) is 0 Å². The molecule has 1 aliphatic rings. The Kier molecular flexibility index (Phi) is 7.76. The molecule has 1 saturated heterocycles. The highest BCUT2D eigenvalue weighted by Crippen LogP contribution is 2.11. The van der Waals surface area contributed by atoms with Crippen LogP contribution in [-0.2, 0) is 16.0 Å². The van der Waals surface area contributed by atoms with E-state index < -0.39 is 0 Å². The Hall–Kier alpha value is -1.60. The molecule has 1 atom stereocenters. The highest BCUT2D eigenvalue weighted by Gasteiger charge is 2.14. The van der Waals surface area contributed by atoms with Gasteiger partial charge in [0.1, 0.15) is 12.0 Å². The molecule has 0 aromatic carbocycles. The van der Waals surface area contributed by atoms with Gasteiger partial charge < -0.3 is 24.6 Å². The lowest BCUT2D eigenvalue weighted by Gasteiger charge is -2.12. The minimum absolute atomic E-state index is 0.300. The fourth-order valence-corrected chi connectivity index (χ4v) is 2.19. The number of hydrogen-bond donors (Lipinski definition) is 2. The normalized spacial score (nSPS) is 18.6. The molecular weight excluding hydrogens is 284 g/mol. The fraction of sp³-hybridized carbons (Fsp3) is 0.733. The SMILES string of the molecule is CCNC(=NCc1ccon1)NCCCOCC1CCCO1. The lowest BCUT2D eigenvalue weighted by molar-refractivity contribution is 0.0168. The first kappa shape index (κ1) is 16.8. The van der Waals surface area contributed by atoms with E-state index in [4.69, 9.17) is 14.0 Å². The van der Waals surface area contributed by atoms with Crippen LogP contribution in [0.5, 0.6) is 0 Å². The quantitative estimate of drug-likeness (QED) is 0.407. The first-order chi connectivity index (χ1) is 10.9. The van der Waals surface area contributed by atoms with Gasteiger partial charge in [-0.2, -0.15) is 0 Å². The zero-order valence-corrected chi connectivity index (χ0v) is 13.2.